The molecule has 1 aromatic rings. The summed E-state index contributed by atoms with van der Waals surface area (Å²) in [5, 5.41) is 9.59. The molecule has 1 aromatic carbocycles. The second-order valence-corrected chi connectivity index (χ2v) is 5.91. The molecular formula is C18H18ClFN2O4. The van der Waals surface area contributed by atoms with E-state index in [1.165, 1.54) is 20.1 Å². The van der Waals surface area contributed by atoms with Crippen molar-refractivity contribution < 1.29 is 23.4 Å². The zero-order valence-electron chi connectivity index (χ0n) is 14.8. The van der Waals surface area contributed by atoms with Crippen LogP contribution in [0.1, 0.15) is 30.9 Å². The number of benzene rings is 1. The Bertz CT molecular complexity index is 871. The van der Waals surface area contributed by atoms with E-state index in [-0.39, 0.29) is 40.2 Å². The van der Waals surface area contributed by atoms with Crippen LogP contribution in [0, 0.1) is 24.1 Å². The Morgan fingerprint density at radius 1 is 1.50 bits per heavy atom. The Balaban J connectivity index is 2.78. The van der Waals surface area contributed by atoms with Crippen molar-refractivity contribution in [2.45, 2.75) is 26.7 Å². The predicted octanol–water partition coefficient (Wildman–Crippen LogP) is 3.44. The van der Waals surface area contributed by atoms with E-state index in [4.69, 9.17) is 31.5 Å². The van der Waals surface area contributed by atoms with Crippen molar-refractivity contribution in [1.82, 2.24) is 0 Å². The second kappa shape index (κ2) is 7.67. The molecule has 0 spiro atoms. The lowest BCUT2D eigenvalue weighted by atomic mass is 9.81. The molecule has 8 heteroatoms. The van der Waals surface area contributed by atoms with E-state index in [1.54, 1.807) is 13.8 Å². The van der Waals surface area contributed by atoms with Gasteiger partial charge < -0.3 is 19.9 Å². The van der Waals surface area contributed by atoms with E-state index in [9.17, 15) is 14.4 Å². The average Bonchev–Trinajstić information content (AvgIpc) is 2.58. The summed E-state index contributed by atoms with van der Waals surface area (Å²) < 4.78 is 29.8. The molecule has 1 atom stereocenters. The number of nitrogens with two attached hydrogens (primary N) is 1. The molecule has 0 bridgehead atoms. The van der Waals surface area contributed by atoms with Gasteiger partial charge in [0.25, 0.3) is 0 Å². The van der Waals surface area contributed by atoms with Crippen LogP contribution in [0.2, 0.25) is 5.02 Å². The molecule has 1 unspecified atom stereocenters. The molecule has 1 aliphatic rings. The molecule has 2 N–H and O–H groups in total. The average molecular weight is 381 g/mol. The molecule has 0 aromatic heterocycles. The number of methoxy groups -OCH3 is 1. The van der Waals surface area contributed by atoms with Crippen LogP contribution >= 0.6 is 11.6 Å². The number of allylic oxidation sites excluding steroid dienone is 2. The zero-order chi connectivity index (χ0) is 19.6. The summed E-state index contributed by atoms with van der Waals surface area (Å²) in [5.74, 6) is -2.46. The molecule has 1 aliphatic heterocycles. The molecule has 0 saturated heterocycles. The fourth-order valence-corrected chi connectivity index (χ4v) is 3.14. The van der Waals surface area contributed by atoms with Crippen molar-refractivity contribution >= 4 is 17.6 Å². The van der Waals surface area contributed by atoms with Gasteiger partial charge in [-0.1, -0.05) is 11.6 Å². The van der Waals surface area contributed by atoms with Gasteiger partial charge in [-0.3, -0.25) is 0 Å². The van der Waals surface area contributed by atoms with Gasteiger partial charge in [0.05, 0.1) is 30.2 Å². The smallest absolute Gasteiger partial charge is 0.338 e. The van der Waals surface area contributed by atoms with Crippen LogP contribution in [-0.4, -0.2) is 19.7 Å². The van der Waals surface area contributed by atoms with Crippen LogP contribution in [0.4, 0.5) is 4.39 Å². The Morgan fingerprint density at radius 3 is 2.69 bits per heavy atom. The Hall–Kier alpha value is -2.72. The fraction of sp³-hybridized carbons (Fsp3) is 0.333. The second-order valence-electron chi connectivity index (χ2n) is 5.53. The van der Waals surface area contributed by atoms with Gasteiger partial charge in [-0.25, -0.2) is 9.18 Å². The lowest BCUT2D eigenvalue weighted by Gasteiger charge is -2.28. The first kappa shape index (κ1) is 19.6. The van der Waals surface area contributed by atoms with E-state index >= 15 is 0 Å². The number of nitriles is 1. The highest BCUT2D eigenvalue weighted by Crippen LogP contribution is 2.44. The monoisotopic (exact) mass is 380 g/mol. The third-order valence-electron chi connectivity index (χ3n) is 4.08. The number of esters is 1. The fourth-order valence-electron chi connectivity index (χ4n) is 2.86. The molecule has 0 saturated carbocycles. The molecule has 0 aliphatic carbocycles. The highest BCUT2D eigenvalue weighted by Gasteiger charge is 2.38. The van der Waals surface area contributed by atoms with Crippen molar-refractivity contribution in [2.75, 3.05) is 13.7 Å². The predicted molar refractivity (Wildman–Crippen MR) is 92.7 cm³/mol. The first-order valence-electron chi connectivity index (χ1n) is 7.76. The summed E-state index contributed by atoms with van der Waals surface area (Å²) in [6.45, 7) is 4.94. The molecule has 26 heavy (non-hydrogen) atoms. The maximum Gasteiger partial charge on any atom is 0.338 e. The number of hydrogen-bond donors (Lipinski definition) is 1. The van der Waals surface area contributed by atoms with E-state index in [1.807, 2.05) is 6.07 Å². The van der Waals surface area contributed by atoms with Crippen LogP contribution < -0.4 is 10.5 Å². The lowest BCUT2D eigenvalue weighted by Crippen LogP contribution is -2.26. The van der Waals surface area contributed by atoms with E-state index in [2.05, 4.69) is 0 Å². The summed E-state index contributed by atoms with van der Waals surface area (Å²) in [6.07, 6.45) is 0. The van der Waals surface area contributed by atoms with E-state index in [0.29, 0.717) is 11.1 Å². The van der Waals surface area contributed by atoms with Crippen molar-refractivity contribution in [3.8, 4) is 11.8 Å². The van der Waals surface area contributed by atoms with Crippen LogP contribution in [0.5, 0.6) is 5.75 Å². The highest BCUT2D eigenvalue weighted by molar-refractivity contribution is 6.33. The molecule has 6 nitrogen and oxygen atoms in total. The van der Waals surface area contributed by atoms with Gasteiger partial charge in [0, 0.05) is 0 Å². The van der Waals surface area contributed by atoms with E-state index in [0.717, 1.165) is 0 Å². The number of ether oxygens (including phenoxy) is 3. The molecule has 0 amide bonds. The summed E-state index contributed by atoms with van der Waals surface area (Å²) in [5.41, 5.74) is 6.62. The van der Waals surface area contributed by atoms with Gasteiger partial charge in [-0.2, -0.15) is 5.26 Å². The van der Waals surface area contributed by atoms with Gasteiger partial charge in [0.2, 0.25) is 5.88 Å². The molecule has 138 valence electrons. The lowest BCUT2D eigenvalue weighted by molar-refractivity contribution is -0.139. The Kier molecular flexibility index (Phi) is 5.78. The molecular weight excluding hydrogens is 363 g/mol. The Morgan fingerprint density at radius 2 is 2.15 bits per heavy atom. The van der Waals surface area contributed by atoms with Crippen LogP contribution in [0.25, 0.3) is 0 Å². The topological polar surface area (TPSA) is 94.6 Å². The third kappa shape index (κ3) is 3.20. The van der Waals surface area contributed by atoms with Crippen LogP contribution in [0.15, 0.2) is 28.9 Å². The summed E-state index contributed by atoms with van der Waals surface area (Å²) >= 11 is 6.22. The SMILES string of the molecule is CCOC(=O)C1=C(C)OC(N)=C(C#N)C1c1cc(F)c(OC)c(Cl)c1C. The number of carbonyl (C=O) groups excluding carboxylic acids is 1. The van der Waals surface area contributed by atoms with Crippen molar-refractivity contribution in [3.63, 3.8) is 0 Å². The number of carbonyl (C=O) groups is 1. The number of rotatable bonds is 4. The van der Waals surface area contributed by atoms with E-state index < -0.39 is 17.7 Å². The van der Waals surface area contributed by atoms with Gasteiger partial charge in [0.1, 0.15) is 17.4 Å². The maximum atomic E-state index is 14.4. The molecule has 2 rings (SSSR count). The number of hydrogen-bond acceptors (Lipinski definition) is 6. The standard InChI is InChI=1S/C18H18ClFN2O4/c1-5-25-18(23)13-9(3)26-17(22)11(7-21)14(13)10-6-12(20)16(24-4)15(19)8(10)2/h6,14H,5,22H2,1-4H3. The summed E-state index contributed by atoms with van der Waals surface area (Å²) in [7, 11) is 1.30. The molecule has 0 fully saturated rings. The Labute approximate surface area is 155 Å². The molecule has 0 radical (unpaired) electrons. The largest absolute Gasteiger partial charge is 0.492 e. The van der Waals surface area contributed by atoms with Gasteiger partial charge in [0.15, 0.2) is 11.6 Å². The van der Waals surface area contributed by atoms with Gasteiger partial charge in [-0.15, -0.1) is 0 Å². The minimum absolute atomic E-state index is 0.0256. The van der Waals surface area contributed by atoms with Crippen LogP contribution in [-0.2, 0) is 14.3 Å². The van der Waals surface area contributed by atoms with Crippen molar-refractivity contribution in [2.24, 2.45) is 5.73 Å². The minimum atomic E-state index is -0.967. The number of halogens is 2. The maximum absolute atomic E-state index is 14.4. The normalized spacial score (nSPS) is 16.9. The third-order valence-corrected chi connectivity index (χ3v) is 4.53. The summed E-state index contributed by atoms with van der Waals surface area (Å²) in [4.78, 5) is 12.5. The van der Waals surface area contributed by atoms with Crippen molar-refractivity contribution in [3.05, 3.63) is 50.8 Å². The van der Waals surface area contributed by atoms with Crippen molar-refractivity contribution in [1.29, 1.82) is 5.26 Å². The van der Waals surface area contributed by atoms with Gasteiger partial charge in [-0.05, 0) is 38.0 Å². The zero-order valence-corrected chi connectivity index (χ0v) is 15.5. The summed E-state index contributed by atoms with van der Waals surface area (Å²) in [6, 6.07) is 3.11. The quantitative estimate of drug-likeness (QED) is 0.804. The molecule has 1 heterocycles. The number of nitrogens with zero attached hydrogens (tertiary/aromatic N) is 1. The van der Waals surface area contributed by atoms with Crippen LogP contribution in [0.3, 0.4) is 0 Å². The minimum Gasteiger partial charge on any atom is -0.492 e. The van der Waals surface area contributed by atoms with Gasteiger partial charge >= 0.3 is 5.97 Å². The highest BCUT2D eigenvalue weighted by atomic mass is 35.5. The first-order chi connectivity index (χ1) is 12.3. The first-order valence-corrected chi connectivity index (χ1v) is 8.14.